The molecule has 0 heterocycles. The highest BCUT2D eigenvalue weighted by Crippen LogP contribution is 2.69. The van der Waals surface area contributed by atoms with Gasteiger partial charge in [-0.2, -0.15) is 0 Å². The summed E-state index contributed by atoms with van der Waals surface area (Å²) in [6.45, 7) is 10.8. The van der Waals surface area contributed by atoms with E-state index >= 15 is 0 Å². The highest BCUT2D eigenvalue weighted by molar-refractivity contribution is 5.66. The third-order valence-electron chi connectivity index (χ3n) is 11.0. The number of carbonyl (C=O) groups excluding carboxylic acids is 2. The van der Waals surface area contributed by atoms with E-state index in [-0.39, 0.29) is 23.5 Å². The quantitative estimate of drug-likeness (QED) is 0.407. The zero-order valence-corrected chi connectivity index (χ0v) is 21.5. The van der Waals surface area contributed by atoms with Crippen molar-refractivity contribution in [2.45, 2.75) is 117 Å². The maximum absolute atomic E-state index is 11.8. The molecule has 4 saturated carbocycles. The molecule has 0 radical (unpaired) electrons. The minimum absolute atomic E-state index is 0.0678. The highest BCUT2D eigenvalue weighted by Gasteiger charge is 2.65. The van der Waals surface area contributed by atoms with Gasteiger partial charge in [0.15, 0.2) is 0 Å². The minimum Gasteiger partial charge on any atom is -0.466 e. The molecule has 5 nitrogen and oxygen atoms in total. The first-order valence-corrected chi connectivity index (χ1v) is 13.5. The average Bonchev–Trinajstić information content (AvgIpc) is 3.08. The van der Waals surface area contributed by atoms with Crippen molar-refractivity contribution in [1.29, 1.82) is 0 Å². The van der Waals surface area contributed by atoms with Crippen molar-refractivity contribution < 1.29 is 24.2 Å². The van der Waals surface area contributed by atoms with Crippen LogP contribution in [0.4, 0.5) is 0 Å². The molecule has 0 saturated heterocycles. The first-order chi connectivity index (χ1) is 15.5. The Bertz CT molecular complexity index is 751. The van der Waals surface area contributed by atoms with Gasteiger partial charge in [-0.25, -0.2) is 0 Å². The second kappa shape index (κ2) is 9.17. The molecule has 0 spiro atoms. The number of carbonyl (C=O) groups is 2. The second-order valence-electron chi connectivity index (χ2n) is 12.5. The van der Waals surface area contributed by atoms with E-state index in [1.54, 1.807) is 0 Å². The van der Waals surface area contributed by atoms with Crippen molar-refractivity contribution in [3.05, 3.63) is 0 Å². The van der Waals surface area contributed by atoms with Crippen LogP contribution in [0.5, 0.6) is 0 Å². The monoisotopic (exact) mass is 462 g/mol. The lowest BCUT2D eigenvalue weighted by molar-refractivity contribution is -0.224. The molecule has 0 unspecified atom stereocenters. The van der Waals surface area contributed by atoms with Gasteiger partial charge in [0, 0.05) is 20.3 Å². The zero-order valence-electron chi connectivity index (χ0n) is 21.5. The predicted molar refractivity (Wildman–Crippen MR) is 127 cm³/mol. The van der Waals surface area contributed by atoms with Gasteiger partial charge in [-0.15, -0.1) is 0 Å². The predicted octanol–water partition coefficient (Wildman–Crippen LogP) is 5.67. The zero-order chi connectivity index (χ0) is 24.0. The lowest BCUT2D eigenvalue weighted by atomic mass is 9.43. The van der Waals surface area contributed by atoms with E-state index in [4.69, 9.17) is 9.47 Å². The molecular weight excluding hydrogens is 416 g/mol. The fraction of sp³-hybridized carbons (Fsp3) is 0.929. The standard InChI is InChI=1S/C28H46O5/c1-18(7-6-16-32-19(2)29)23-8-9-24-22-11-15-28(31)17-21(33-20(3)30)10-14-27(28,5)25(22)12-13-26(23,24)4/h18,21-25,31H,6-17H2,1-5H3/t18-,21-,22+,23-,24+,25+,26-,27-,28+/m1/s1. The number of fused-ring (bicyclic) bond motifs is 5. The van der Waals surface area contributed by atoms with Crippen LogP contribution in [0.15, 0.2) is 0 Å². The van der Waals surface area contributed by atoms with Crippen LogP contribution in [0.25, 0.3) is 0 Å². The van der Waals surface area contributed by atoms with Crippen molar-refractivity contribution in [1.82, 2.24) is 0 Å². The molecule has 0 aromatic carbocycles. The fourth-order valence-electron chi connectivity index (χ4n) is 9.34. The van der Waals surface area contributed by atoms with E-state index in [1.165, 1.54) is 39.5 Å². The lowest BCUT2D eigenvalue weighted by Gasteiger charge is -2.64. The topological polar surface area (TPSA) is 72.8 Å². The van der Waals surface area contributed by atoms with Gasteiger partial charge in [-0.05, 0) is 105 Å². The van der Waals surface area contributed by atoms with Crippen molar-refractivity contribution >= 4 is 11.9 Å². The van der Waals surface area contributed by atoms with Crippen LogP contribution in [0.1, 0.15) is 105 Å². The minimum atomic E-state index is -0.706. The normalized spacial score (nSPS) is 45.3. The molecule has 0 bridgehead atoms. The largest absolute Gasteiger partial charge is 0.466 e. The molecule has 4 aliphatic rings. The van der Waals surface area contributed by atoms with Crippen molar-refractivity contribution in [2.24, 2.45) is 40.4 Å². The number of esters is 2. The van der Waals surface area contributed by atoms with Crippen molar-refractivity contribution in [3.63, 3.8) is 0 Å². The van der Waals surface area contributed by atoms with Crippen molar-refractivity contribution in [3.8, 4) is 0 Å². The van der Waals surface area contributed by atoms with Gasteiger partial charge in [-0.3, -0.25) is 9.59 Å². The van der Waals surface area contributed by atoms with Crippen LogP contribution < -0.4 is 0 Å². The van der Waals surface area contributed by atoms with E-state index < -0.39 is 5.60 Å². The Morgan fingerprint density at radius 3 is 2.42 bits per heavy atom. The molecule has 33 heavy (non-hydrogen) atoms. The Morgan fingerprint density at radius 1 is 0.970 bits per heavy atom. The molecule has 5 heteroatoms. The number of rotatable bonds is 6. The Kier molecular flexibility index (Phi) is 6.95. The number of ether oxygens (including phenoxy) is 2. The summed E-state index contributed by atoms with van der Waals surface area (Å²) in [4.78, 5) is 22.6. The van der Waals surface area contributed by atoms with Gasteiger partial charge in [0.1, 0.15) is 6.10 Å². The molecule has 4 fully saturated rings. The summed E-state index contributed by atoms with van der Waals surface area (Å²) in [6.07, 6.45) is 11.5. The summed E-state index contributed by atoms with van der Waals surface area (Å²) in [5.74, 6) is 3.03. The molecule has 0 aromatic rings. The highest BCUT2D eigenvalue weighted by atomic mass is 16.5. The van der Waals surface area contributed by atoms with E-state index in [9.17, 15) is 14.7 Å². The summed E-state index contributed by atoms with van der Waals surface area (Å²) >= 11 is 0. The Balaban J connectivity index is 1.44. The molecule has 0 aliphatic heterocycles. The summed E-state index contributed by atoms with van der Waals surface area (Å²) in [5, 5.41) is 11.8. The molecule has 0 amide bonds. The smallest absolute Gasteiger partial charge is 0.302 e. The number of aliphatic hydroxyl groups is 1. The number of hydrogen-bond acceptors (Lipinski definition) is 5. The summed E-state index contributed by atoms with van der Waals surface area (Å²) < 4.78 is 10.7. The van der Waals surface area contributed by atoms with Gasteiger partial charge >= 0.3 is 11.9 Å². The first-order valence-electron chi connectivity index (χ1n) is 13.5. The molecule has 1 N–H and O–H groups in total. The Morgan fingerprint density at radius 2 is 1.73 bits per heavy atom. The molecule has 188 valence electrons. The van der Waals surface area contributed by atoms with Crippen LogP contribution in [0.2, 0.25) is 0 Å². The van der Waals surface area contributed by atoms with Crippen LogP contribution >= 0.6 is 0 Å². The molecule has 4 rings (SSSR count). The molecule has 9 atom stereocenters. The van der Waals surface area contributed by atoms with E-state index in [0.29, 0.717) is 36.2 Å². The van der Waals surface area contributed by atoms with Gasteiger partial charge in [0.05, 0.1) is 12.2 Å². The van der Waals surface area contributed by atoms with Gasteiger partial charge < -0.3 is 14.6 Å². The van der Waals surface area contributed by atoms with Gasteiger partial charge in [0.25, 0.3) is 0 Å². The third-order valence-corrected chi connectivity index (χ3v) is 11.0. The van der Waals surface area contributed by atoms with Gasteiger partial charge in [-0.1, -0.05) is 20.8 Å². The maximum atomic E-state index is 11.8. The van der Waals surface area contributed by atoms with Crippen LogP contribution in [-0.2, 0) is 19.1 Å². The Labute approximate surface area is 200 Å². The van der Waals surface area contributed by atoms with E-state index in [2.05, 4.69) is 20.8 Å². The van der Waals surface area contributed by atoms with Crippen LogP contribution in [0.3, 0.4) is 0 Å². The Hall–Kier alpha value is -1.10. The second-order valence-corrected chi connectivity index (χ2v) is 12.5. The van der Waals surface area contributed by atoms with Crippen LogP contribution in [-0.4, -0.2) is 35.4 Å². The summed E-state index contributed by atoms with van der Waals surface area (Å²) in [7, 11) is 0. The van der Waals surface area contributed by atoms with Crippen molar-refractivity contribution in [2.75, 3.05) is 6.61 Å². The summed E-state index contributed by atoms with van der Waals surface area (Å²) in [6, 6.07) is 0. The van der Waals surface area contributed by atoms with E-state index in [1.807, 2.05) is 0 Å². The fourth-order valence-corrected chi connectivity index (χ4v) is 9.34. The lowest BCUT2D eigenvalue weighted by Crippen LogP contribution is -2.63. The SMILES string of the molecule is CC(=O)OCCC[C@@H](C)[C@H]1CC[C@H]2[C@@H]3CC[C@]4(O)C[C@H](OC(C)=O)CC[C@]4(C)[C@H]3CC[C@]12C. The molecular formula is C28H46O5. The first kappa shape index (κ1) is 25.0. The maximum Gasteiger partial charge on any atom is 0.302 e. The third kappa shape index (κ3) is 4.36. The molecule has 4 aliphatic carbocycles. The number of hydrogen-bond donors (Lipinski definition) is 1. The van der Waals surface area contributed by atoms with Gasteiger partial charge in [0.2, 0.25) is 0 Å². The molecule has 0 aromatic heterocycles. The van der Waals surface area contributed by atoms with Crippen LogP contribution in [0, 0.1) is 40.4 Å². The summed E-state index contributed by atoms with van der Waals surface area (Å²) in [5.41, 5.74) is -0.382. The van der Waals surface area contributed by atoms with E-state index in [0.717, 1.165) is 50.4 Å². The average molecular weight is 463 g/mol.